The molecule has 0 unspecified atom stereocenters. The number of carbonyl (C=O) groups is 1. The number of carboxylic acid groups (broad SMARTS) is 1. The summed E-state index contributed by atoms with van der Waals surface area (Å²) >= 11 is 3.35. The van der Waals surface area contributed by atoms with Gasteiger partial charge in [0.25, 0.3) is 0 Å². The molecule has 1 N–H and O–H groups in total. The fraction of sp³-hybridized carbons (Fsp3) is 0.556. The van der Waals surface area contributed by atoms with Crippen LogP contribution < -0.4 is 4.74 Å². The summed E-state index contributed by atoms with van der Waals surface area (Å²) in [5.74, 6) is -0.303. The molecule has 1 aromatic rings. The first-order valence-corrected chi connectivity index (χ1v) is 5.29. The second kappa shape index (κ2) is 4.65. The Bertz CT molecular complexity index is 374. The van der Waals surface area contributed by atoms with Crippen LogP contribution in [0, 0.1) is 0 Å². The van der Waals surface area contributed by atoms with Crippen LogP contribution in [0.15, 0.2) is 4.47 Å². The van der Waals surface area contributed by atoms with E-state index in [1.54, 1.807) is 7.05 Å². The number of hydrogen-bond donors (Lipinski definition) is 1. The summed E-state index contributed by atoms with van der Waals surface area (Å²) in [6, 6.07) is 0. The highest BCUT2D eigenvalue weighted by molar-refractivity contribution is 9.10. The third-order valence-electron chi connectivity index (χ3n) is 1.84. The minimum Gasteiger partial charge on any atom is -0.479 e. The standard InChI is InChI=1S/C9H13BrN2O3/c1-5(2)8-7(10)9(12(3)11-8)15-4-6(13)14/h5H,4H2,1-3H3,(H,13,14). The molecule has 0 aliphatic carbocycles. The summed E-state index contributed by atoms with van der Waals surface area (Å²) in [6.45, 7) is 3.65. The van der Waals surface area contributed by atoms with Crippen molar-refractivity contribution in [3.05, 3.63) is 10.2 Å². The Hall–Kier alpha value is -1.04. The largest absolute Gasteiger partial charge is 0.479 e. The molecule has 0 saturated carbocycles. The maximum atomic E-state index is 10.4. The van der Waals surface area contributed by atoms with Crippen LogP contribution in [-0.4, -0.2) is 27.5 Å². The van der Waals surface area contributed by atoms with Gasteiger partial charge < -0.3 is 9.84 Å². The minimum absolute atomic E-state index is 0.257. The zero-order valence-corrected chi connectivity index (χ0v) is 10.4. The van der Waals surface area contributed by atoms with Crippen LogP contribution in [0.3, 0.4) is 0 Å². The predicted molar refractivity (Wildman–Crippen MR) is 58.1 cm³/mol. The molecule has 1 aromatic heterocycles. The van der Waals surface area contributed by atoms with E-state index in [1.165, 1.54) is 4.68 Å². The molecule has 1 rings (SSSR count). The lowest BCUT2D eigenvalue weighted by molar-refractivity contribution is -0.139. The Morgan fingerprint density at radius 1 is 1.67 bits per heavy atom. The van der Waals surface area contributed by atoms with E-state index >= 15 is 0 Å². The molecule has 6 heteroatoms. The summed E-state index contributed by atoms with van der Waals surface area (Å²) in [7, 11) is 1.72. The van der Waals surface area contributed by atoms with Gasteiger partial charge in [-0.25, -0.2) is 9.48 Å². The second-order valence-electron chi connectivity index (χ2n) is 3.47. The molecule has 0 aliphatic rings. The van der Waals surface area contributed by atoms with Crippen LogP contribution in [0.4, 0.5) is 0 Å². The fourth-order valence-corrected chi connectivity index (χ4v) is 2.07. The summed E-state index contributed by atoms with van der Waals surface area (Å²) in [5.41, 5.74) is 0.859. The van der Waals surface area contributed by atoms with Gasteiger partial charge in [-0.2, -0.15) is 5.10 Å². The molecule has 0 spiro atoms. The van der Waals surface area contributed by atoms with Crippen LogP contribution in [-0.2, 0) is 11.8 Å². The normalized spacial score (nSPS) is 10.7. The van der Waals surface area contributed by atoms with E-state index in [9.17, 15) is 4.79 Å². The van der Waals surface area contributed by atoms with Crippen molar-refractivity contribution >= 4 is 21.9 Å². The van der Waals surface area contributed by atoms with E-state index < -0.39 is 5.97 Å². The summed E-state index contributed by atoms with van der Waals surface area (Å²) in [4.78, 5) is 10.4. The highest BCUT2D eigenvalue weighted by atomic mass is 79.9. The number of rotatable bonds is 4. The van der Waals surface area contributed by atoms with Crippen molar-refractivity contribution in [1.29, 1.82) is 0 Å². The molecule has 0 fully saturated rings. The molecule has 0 aliphatic heterocycles. The quantitative estimate of drug-likeness (QED) is 0.911. The lowest BCUT2D eigenvalue weighted by Gasteiger charge is -2.03. The van der Waals surface area contributed by atoms with Crippen molar-refractivity contribution in [3.8, 4) is 5.88 Å². The van der Waals surface area contributed by atoms with Crippen molar-refractivity contribution in [1.82, 2.24) is 9.78 Å². The molecule has 0 radical (unpaired) electrons. The average molecular weight is 277 g/mol. The van der Waals surface area contributed by atoms with Gasteiger partial charge in [0.05, 0.1) is 5.69 Å². The Balaban J connectivity index is 2.92. The molecular weight excluding hydrogens is 264 g/mol. The summed E-state index contributed by atoms with van der Waals surface area (Å²) < 4.78 is 7.37. The number of halogens is 1. The highest BCUT2D eigenvalue weighted by Crippen LogP contribution is 2.32. The smallest absolute Gasteiger partial charge is 0.341 e. The number of nitrogens with zero attached hydrogens (tertiary/aromatic N) is 2. The molecular formula is C9H13BrN2O3. The van der Waals surface area contributed by atoms with E-state index in [0.717, 1.165) is 10.2 Å². The fourth-order valence-electron chi connectivity index (χ4n) is 1.16. The second-order valence-corrected chi connectivity index (χ2v) is 4.26. The van der Waals surface area contributed by atoms with Crippen LogP contribution in [0.25, 0.3) is 0 Å². The van der Waals surface area contributed by atoms with Gasteiger partial charge in [-0.05, 0) is 21.8 Å². The zero-order valence-electron chi connectivity index (χ0n) is 8.82. The van der Waals surface area contributed by atoms with E-state index in [2.05, 4.69) is 21.0 Å². The van der Waals surface area contributed by atoms with Gasteiger partial charge in [0.2, 0.25) is 5.88 Å². The lowest BCUT2D eigenvalue weighted by atomic mass is 10.1. The first-order valence-electron chi connectivity index (χ1n) is 4.50. The van der Waals surface area contributed by atoms with Crippen molar-refractivity contribution in [2.45, 2.75) is 19.8 Å². The van der Waals surface area contributed by atoms with Crippen molar-refractivity contribution in [3.63, 3.8) is 0 Å². The Morgan fingerprint density at radius 3 is 2.67 bits per heavy atom. The number of aryl methyl sites for hydroxylation is 1. The van der Waals surface area contributed by atoms with Crippen molar-refractivity contribution in [2.24, 2.45) is 7.05 Å². The predicted octanol–water partition coefficient (Wildman–Crippen LogP) is 1.77. The van der Waals surface area contributed by atoms with Gasteiger partial charge in [-0.1, -0.05) is 13.8 Å². The number of hydrogen-bond acceptors (Lipinski definition) is 3. The molecule has 1 heterocycles. The third kappa shape index (κ3) is 2.71. The first-order chi connectivity index (χ1) is 6.93. The molecule has 0 atom stereocenters. The van der Waals surface area contributed by atoms with Crippen LogP contribution >= 0.6 is 15.9 Å². The van der Waals surface area contributed by atoms with Gasteiger partial charge in [0.15, 0.2) is 6.61 Å². The first kappa shape index (κ1) is 12.0. The van der Waals surface area contributed by atoms with Gasteiger partial charge in [0, 0.05) is 7.05 Å². The van der Waals surface area contributed by atoms with E-state index in [4.69, 9.17) is 9.84 Å². The van der Waals surface area contributed by atoms with E-state index in [0.29, 0.717) is 5.88 Å². The van der Waals surface area contributed by atoms with Crippen molar-refractivity contribution in [2.75, 3.05) is 6.61 Å². The molecule has 0 aromatic carbocycles. The average Bonchev–Trinajstić information content (AvgIpc) is 2.39. The lowest BCUT2D eigenvalue weighted by Crippen LogP contribution is -2.11. The number of aromatic nitrogens is 2. The molecule has 15 heavy (non-hydrogen) atoms. The molecule has 0 bridgehead atoms. The number of carboxylic acids is 1. The van der Waals surface area contributed by atoms with Crippen LogP contribution in [0.2, 0.25) is 0 Å². The minimum atomic E-state index is -1.01. The van der Waals surface area contributed by atoms with Gasteiger partial charge in [-0.15, -0.1) is 0 Å². The van der Waals surface area contributed by atoms with E-state index in [-0.39, 0.29) is 12.5 Å². The van der Waals surface area contributed by atoms with Gasteiger partial charge in [-0.3, -0.25) is 0 Å². The van der Waals surface area contributed by atoms with Crippen molar-refractivity contribution < 1.29 is 14.6 Å². The number of ether oxygens (including phenoxy) is 1. The van der Waals surface area contributed by atoms with E-state index in [1.807, 2.05) is 13.8 Å². The number of aliphatic carboxylic acids is 1. The van der Waals surface area contributed by atoms with Gasteiger partial charge in [0.1, 0.15) is 4.47 Å². The molecule has 0 saturated heterocycles. The maximum Gasteiger partial charge on any atom is 0.341 e. The third-order valence-corrected chi connectivity index (χ3v) is 2.59. The highest BCUT2D eigenvalue weighted by Gasteiger charge is 2.18. The SMILES string of the molecule is CC(C)c1nn(C)c(OCC(=O)O)c1Br. The molecule has 84 valence electrons. The van der Waals surface area contributed by atoms with Crippen LogP contribution in [0.5, 0.6) is 5.88 Å². The topological polar surface area (TPSA) is 64.4 Å². The monoisotopic (exact) mass is 276 g/mol. The molecule has 0 amide bonds. The zero-order chi connectivity index (χ0) is 11.6. The molecule has 5 nitrogen and oxygen atoms in total. The van der Waals surface area contributed by atoms with Gasteiger partial charge >= 0.3 is 5.97 Å². The Labute approximate surface area is 96.2 Å². The summed E-state index contributed by atoms with van der Waals surface area (Å²) in [5, 5.41) is 12.7. The Kier molecular flexibility index (Phi) is 3.73. The van der Waals surface area contributed by atoms with Crippen LogP contribution in [0.1, 0.15) is 25.5 Å². The Morgan fingerprint density at radius 2 is 2.27 bits per heavy atom. The summed E-state index contributed by atoms with van der Waals surface area (Å²) in [6.07, 6.45) is 0. The maximum absolute atomic E-state index is 10.4.